The van der Waals surface area contributed by atoms with Crippen LogP contribution in [0.5, 0.6) is 5.75 Å². The van der Waals surface area contributed by atoms with Crippen molar-refractivity contribution in [1.29, 1.82) is 0 Å². The predicted molar refractivity (Wildman–Crippen MR) is 72.7 cm³/mol. The highest BCUT2D eigenvalue weighted by Gasteiger charge is 2.09. The number of halogens is 1. The highest BCUT2D eigenvalue weighted by Crippen LogP contribution is 2.15. The van der Waals surface area contributed by atoms with Gasteiger partial charge in [-0.05, 0) is 24.3 Å². The maximum atomic E-state index is 12.1. The van der Waals surface area contributed by atoms with Gasteiger partial charge in [0.05, 0.1) is 0 Å². The lowest BCUT2D eigenvalue weighted by molar-refractivity contribution is -0.131. The number of esters is 1. The Kier molecular flexibility index (Phi) is 4.31. The Bertz CT molecular complexity index is 576. The quantitative estimate of drug-likeness (QED) is 0.372. The second-order valence-corrected chi connectivity index (χ2v) is 4.09. The first-order valence-electron chi connectivity index (χ1n) is 5.67. The highest BCUT2D eigenvalue weighted by molar-refractivity contribution is 6.26. The van der Waals surface area contributed by atoms with Gasteiger partial charge in [0.1, 0.15) is 11.6 Å². The molecule has 0 bridgehead atoms. The molecule has 0 fully saturated rings. The van der Waals surface area contributed by atoms with Gasteiger partial charge in [0.2, 0.25) is 0 Å². The van der Waals surface area contributed by atoms with Crippen LogP contribution in [0, 0.1) is 0 Å². The average molecular weight is 275 g/mol. The highest BCUT2D eigenvalue weighted by atomic mass is 35.5. The molecule has 0 aliphatic heterocycles. The summed E-state index contributed by atoms with van der Waals surface area (Å²) in [4.78, 5) is 23.1. The Labute approximate surface area is 115 Å². The van der Waals surface area contributed by atoms with Crippen LogP contribution < -0.4 is 4.74 Å². The van der Waals surface area contributed by atoms with E-state index in [1.807, 2.05) is 18.2 Å². The smallest absolute Gasteiger partial charge is 0.326 e. The zero-order valence-electron chi connectivity index (χ0n) is 10.0. The molecule has 0 radical (unpaired) electrons. The third kappa shape index (κ3) is 3.42. The van der Waals surface area contributed by atoms with Crippen LogP contribution in [0.4, 0.5) is 0 Å². The van der Waals surface area contributed by atoms with Crippen LogP contribution in [0.15, 0.2) is 54.6 Å². The van der Waals surface area contributed by atoms with Crippen LogP contribution in [0.1, 0.15) is 15.9 Å². The van der Waals surface area contributed by atoms with E-state index < -0.39 is 5.97 Å². The minimum Gasteiger partial charge on any atom is -0.426 e. The fraction of sp³-hybridized carbons (Fsp3) is 0.0667. The lowest BCUT2D eigenvalue weighted by Gasteiger charge is -2.04. The number of rotatable bonds is 4. The summed E-state index contributed by atoms with van der Waals surface area (Å²) >= 11 is 5.33. The van der Waals surface area contributed by atoms with E-state index in [1.165, 1.54) is 0 Å². The lowest BCUT2D eigenvalue weighted by atomic mass is 10.0. The predicted octanol–water partition coefficient (Wildman–Crippen LogP) is 3.06. The minimum atomic E-state index is -0.524. The van der Waals surface area contributed by atoms with E-state index in [9.17, 15) is 9.59 Å². The van der Waals surface area contributed by atoms with Gasteiger partial charge in [-0.2, -0.15) is 0 Å². The van der Waals surface area contributed by atoms with Gasteiger partial charge in [-0.25, -0.2) is 0 Å². The Balaban J connectivity index is 2.15. The molecule has 0 aliphatic carbocycles. The number of carbonyl (C=O) groups is 2. The molecule has 4 heteroatoms. The normalized spacial score (nSPS) is 9.95. The molecule has 2 aromatic rings. The SMILES string of the molecule is O=C(CCl)Oc1ccc(C(=O)c2ccccc2)cc1. The van der Waals surface area contributed by atoms with E-state index >= 15 is 0 Å². The summed E-state index contributed by atoms with van der Waals surface area (Å²) in [6.07, 6.45) is 0. The van der Waals surface area contributed by atoms with Crippen molar-refractivity contribution in [3.05, 3.63) is 65.7 Å². The van der Waals surface area contributed by atoms with Crippen molar-refractivity contribution in [1.82, 2.24) is 0 Å². The second kappa shape index (κ2) is 6.16. The van der Waals surface area contributed by atoms with Gasteiger partial charge in [0.15, 0.2) is 5.78 Å². The molecule has 0 unspecified atom stereocenters. The lowest BCUT2D eigenvalue weighted by Crippen LogP contribution is -2.09. The van der Waals surface area contributed by atoms with Crippen molar-refractivity contribution in [2.75, 3.05) is 5.88 Å². The first-order valence-corrected chi connectivity index (χ1v) is 6.20. The summed E-state index contributed by atoms with van der Waals surface area (Å²) in [6, 6.07) is 15.4. The van der Waals surface area contributed by atoms with Gasteiger partial charge >= 0.3 is 5.97 Å². The van der Waals surface area contributed by atoms with Crippen molar-refractivity contribution < 1.29 is 14.3 Å². The maximum Gasteiger partial charge on any atom is 0.326 e. The summed E-state index contributed by atoms with van der Waals surface area (Å²) in [5.41, 5.74) is 1.16. The number of carbonyl (C=O) groups excluding carboxylic acids is 2. The zero-order chi connectivity index (χ0) is 13.7. The van der Waals surface area contributed by atoms with Gasteiger partial charge in [-0.3, -0.25) is 9.59 Å². The molecular formula is C15H11ClO3. The molecule has 3 nitrogen and oxygen atoms in total. The van der Waals surface area contributed by atoms with Crippen molar-refractivity contribution in [2.45, 2.75) is 0 Å². The minimum absolute atomic E-state index is 0.0733. The molecule has 2 aromatic carbocycles. The van der Waals surface area contributed by atoms with Gasteiger partial charge in [-0.15, -0.1) is 11.6 Å². The summed E-state index contributed by atoms with van der Waals surface area (Å²) in [5, 5.41) is 0. The molecule has 0 saturated carbocycles. The van der Waals surface area contributed by atoms with Crippen molar-refractivity contribution in [2.24, 2.45) is 0 Å². The van der Waals surface area contributed by atoms with E-state index in [2.05, 4.69) is 0 Å². The average Bonchev–Trinajstić information content (AvgIpc) is 2.48. The zero-order valence-corrected chi connectivity index (χ0v) is 10.8. The van der Waals surface area contributed by atoms with Crippen LogP contribution in [0.25, 0.3) is 0 Å². The molecule has 0 amide bonds. The van der Waals surface area contributed by atoms with Gasteiger partial charge in [0.25, 0.3) is 0 Å². The van der Waals surface area contributed by atoms with E-state index in [0.717, 1.165) is 0 Å². The van der Waals surface area contributed by atoms with Gasteiger partial charge in [-0.1, -0.05) is 30.3 Å². The van der Waals surface area contributed by atoms with Crippen LogP contribution in [0.3, 0.4) is 0 Å². The third-order valence-corrected chi connectivity index (χ3v) is 2.71. The number of alkyl halides is 1. The van der Waals surface area contributed by atoms with Crippen LogP contribution in [-0.2, 0) is 4.79 Å². The molecule has 2 rings (SSSR count). The fourth-order valence-corrected chi connectivity index (χ4v) is 1.64. The number of hydrogen-bond acceptors (Lipinski definition) is 3. The van der Waals surface area contributed by atoms with Crippen LogP contribution >= 0.6 is 11.6 Å². The maximum absolute atomic E-state index is 12.1. The summed E-state index contributed by atoms with van der Waals surface area (Å²) in [5.74, 6) is -0.431. The Morgan fingerprint density at radius 3 is 2.05 bits per heavy atom. The number of ether oxygens (including phenoxy) is 1. The molecule has 96 valence electrons. The summed E-state index contributed by atoms with van der Waals surface area (Å²) in [7, 11) is 0. The van der Waals surface area contributed by atoms with E-state index in [-0.39, 0.29) is 11.7 Å². The Morgan fingerprint density at radius 1 is 0.895 bits per heavy atom. The fourth-order valence-electron chi connectivity index (χ4n) is 1.59. The van der Waals surface area contributed by atoms with Crippen molar-refractivity contribution in [3.63, 3.8) is 0 Å². The van der Waals surface area contributed by atoms with E-state index in [1.54, 1.807) is 36.4 Å². The first kappa shape index (κ1) is 13.3. The van der Waals surface area contributed by atoms with Gasteiger partial charge < -0.3 is 4.74 Å². The van der Waals surface area contributed by atoms with Crippen LogP contribution in [0.2, 0.25) is 0 Å². The monoisotopic (exact) mass is 274 g/mol. The molecule has 0 saturated heterocycles. The topological polar surface area (TPSA) is 43.4 Å². The standard InChI is InChI=1S/C15H11ClO3/c16-10-14(17)19-13-8-6-12(7-9-13)15(18)11-4-2-1-3-5-11/h1-9H,10H2. The van der Waals surface area contributed by atoms with Gasteiger partial charge in [0, 0.05) is 11.1 Å². The van der Waals surface area contributed by atoms with Crippen molar-refractivity contribution >= 4 is 23.4 Å². The molecule has 0 aliphatic rings. The largest absolute Gasteiger partial charge is 0.426 e. The third-order valence-electron chi connectivity index (χ3n) is 2.49. The molecular weight excluding hydrogens is 264 g/mol. The van der Waals surface area contributed by atoms with E-state index in [4.69, 9.17) is 16.3 Å². The molecule has 0 atom stereocenters. The summed E-state index contributed by atoms with van der Waals surface area (Å²) in [6.45, 7) is 0. The van der Waals surface area contributed by atoms with E-state index in [0.29, 0.717) is 16.9 Å². The van der Waals surface area contributed by atoms with Crippen LogP contribution in [-0.4, -0.2) is 17.6 Å². The van der Waals surface area contributed by atoms with Crippen molar-refractivity contribution in [3.8, 4) is 5.75 Å². The molecule has 0 N–H and O–H groups in total. The molecule has 0 spiro atoms. The second-order valence-electron chi connectivity index (χ2n) is 3.83. The first-order chi connectivity index (χ1) is 9.20. The molecule has 19 heavy (non-hydrogen) atoms. The number of ketones is 1. The molecule has 0 heterocycles. The number of benzene rings is 2. The summed E-state index contributed by atoms with van der Waals surface area (Å²) < 4.78 is 4.92. The Morgan fingerprint density at radius 2 is 1.47 bits per heavy atom. The Hall–Kier alpha value is -2.13. The number of hydrogen-bond donors (Lipinski definition) is 0. The molecule has 0 aromatic heterocycles.